The van der Waals surface area contributed by atoms with Crippen LogP contribution in [0.2, 0.25) is 0 Å². The van der Waals surface area contributed by atoms with Gasteiger partial charge in [-0.3, -0.25) is 9.59 Å². The maximum Gasteiger partial charge on any atom is 0.338 e. The van der Waals surface area contributed by atoms with E-state index in [1.807, 2.05) is 34.6 Å². The monoisotopic (exact) mass is 598 g/mol. The van der Waals surface area contributed by atoms with Crippen LogP contribution in [0.1, 0.15) is 71.7 Å². The number of fused-ring (bicyclic) bond motifs is 8. The van der Waals surface area contributed by atoms with Gasteiger partial charge in [0, 0.05) is 37.7 Å². The van der Waals surface area contributed by atoms with Gasteiger partial charge in [-0.1, -0.05) is 39.0 Å². The van der Waals surface area contributed by atoms with Gasteiger partial charge in [-0.2, -0.15) is 0 Å². The standard InChI is InChI=1S/C33H42O10/c1-17-20(35)15-33(37)27(40-28(36)19-12-10-9-11-13-19)25-31(7,21(38-8)14-22-32(25,16-39-22)41-18(2)34)26-24(23(17)29(33,3)4)42-30(5,6)43-26/h9-13,21-22,24-27,37H,14-16H2,1-8H3. The quantitative estimate of drug-likeness (QED) is 0.515. The minimum atomic E-state index is -1.93. The number of hydrogen-bond donors (Lipinski definition) is 1. The lowest BCUT2D eigenvalue weighted by Gasteiger charge is -2.68. The van der Waals surface area contributed by atoms with Gasteiger partial charge < -0.3 is 33.5 Å². The molecule has 9 atom stereocenters. The molecule has 10 heteroatoms. The van der Waals surface area contributed by atoms with E-state index >= 15 is 0 Å². The predicted octanol–water partition coefficient (Wildman–Crippen LogP) is 3.53. The fraction of sp³-hybridized carbons (Fsp3) is 0.667. The van der Waals surface area contributed by atoms with Gasteiger partial charge in [0.1, 0.15) is 23.9 Å². The van der Waals surface area contributed by atoms with E-state index in [9.17, 15) is 19.5 Å². The second kappa shape index (κ2) is 9.68. The summed E-state index contributed by atoms with van der Waals surface area (Å²) in [5.74, 6) is -3.48. The number of carbonyl (C=O) groups is 3. The van der Waals surface area contributed by atoms with Gasteiger partial charge in [0.05, 0.1) is 30.3 Å². The van der Waals surface area contributed by atoms with Gasteiger partial charge in [-0.25, -0.2) is 4.79 Å². The van der Waals surface area contributed by atoms with Crippen LogP contribution in [0.3, 0.4) is 0 Å². The molecule has 3 aliphatic carbocycles. The number of ketones is 1. The van der Waals surface area contributed by atoms with Crippen LogP contribution in [0.25, 0.3) is 0 Å². The molecule has 6 rings (SSSR count). The van der Waals surface area contributed by atoms with Gasteiger partial charge in [0.25, 0.3) is 0 Å². The summed E-state index contributed by atoms with van der Waals surface area (Å²) in [5, 5.41) is 13.1. The van der Waals surface area contributed by atoms with E-state index in [1.54, 1.807) is 44.4 Å². The van der Waals surface area contributed by atoms with E-state index in [0.717, 1.165) is 0 Å². The Morgan fingerprint density at radius 2 is 1.72 bits per heavy atom. The molecule has 0 radical (unpaired) electrons. The van der Waals surface area contributed by atoms with Crippen molar-refractivity contribution in [3.05, 3.63) is 47.0 Å². The molecule has 0 spiro atoms. The summed E-state index contributed by atoms with van der Waals surface area (Å²) in [7, 11) is 1.59. The largest absolute Gasteiger partial charge is 0.455 e. The Bertz CT molecular complexity index is 1380. The molecule has 2 bridgehead atoms. The number of hydrogen-bond acceptors (Lipinski definition) is 10. The smallest absolute Gasteiger partial charge is 0.338 e. The lowest BCUT2D eigenvalue weighted by atomic mass is 9.44. The Labute approximate surface area is 252 Å². The minimum Gasteiger partial charge on any atom is -0.455 e. The second-order valence-corrected chi connectivity index (χ2v) is 14.0. The van der Waals surface area contributed by atoms with Crippen molar-refractivity contribution in [2.75, 3.05) is 13.7 Å². The highest BCUT2D eigenvalue weighted by Crippen LogP contribution is 2.67. The molecule has 5 aliphatic rings. The number of ether oxygens (including phenoxy) is 6. The third kappa shape index (κ3) is 4.06. The molecule has 4 fully saturated rings. The van der Waals surface area contributed by atoms with Gasteiger partial charge in [-0.05, 0) is 44.1 Å². The summed E-state index contributed by atoms with van der Waals surface area (Å²) in [4.78, 5) is 40.5. The van der Waals surface area contributed by atoms with Crippen molar-refractivity contribution >= 4 is 17.7 Å². The van der Waals surface area contributed by atoms with Crippen LogP contribution in [0.4, 0.5) is 0 Å². The summed E-state index contributed by atoms with van der Waals surface area (Å²) >= 11 is 0. The number of methoxy groups -OCH3 is 1. The normalized spacial score (nSPS) is 42.4. The summed E-state index contributed by atoms with van der Waals surface area (Å²) in [6, 6.07) is 8.49. The molecule has 10 nitrogen and oxygen atoms in total. The Morgan fingerprint density at radius 1 is 1.05 bits per heavy atom. The summed E-state index contributed by atoms with van der Waals surface area (Å²) < 4.78 is 38.2. The molecule has 1 N–H and O–H groups in total. The van der Waals surface area contributed by atoms with Gasteiger partial charge in [0.15, 0.2) is 17.2 Å². The van der Waals surface area contributed by atoms with Crippen molar-refractivity contribution in [3.8, 4) is 0 Å². The molecule has 2 saturated carbocycles. The lowest BCUT2D eigenvalue weighted by molar-refractivity contribution is -0.363. The number of aliphatic hydroxyl groups is 1. The van der Waals surface area contributed by atoms with Crippen LogP contribution in [-0.4, -0.2) is 84.1 Å². The average molecular weight is 599 g/mol. The first-order valence-electron chi connectivity index (χ1n) is 15.0. The molecule has 0 aromatic heterocycles. The third-order valence-corrected chi connectivity index (χ3v) is 11.0. The first-order chi connectivity index (χ1) is 20.0. The van der Waals surface area contributed by atoms with Crippen LogP contribution in [-0.2, 0) is 38.0 Å². The zero-order chi connectivity index (χ0) is 31.3. The van der Waals surface area contributed by atoms with E-state index in [4.69, 9.17) is 28.4 Å². The van der Waals surface area contributed by atoms with E-state index in [0.29, 0.717) is 17.6 Å². The number of carbonyl (C=O) groups excluding carboxylic acids is 3. The number of esters is 2. The Balaban J connectivity index is 1.68. The summed E-state index contributed by atoms with van der Waals surface area (Å²) in [6.07, 6.45) is -3.92. The van der Waals surface area contributed by atoms with Crippen LogP contribution >= 0.6 is 0 Å². The zero-order valence-electron chi connectivity index (χ0n) is 26.1. The Hall–Kier alpha value is -2.63. The van der Waals surface area contributed by atoms with Crippen molar-refractivity contribution in [2.45, 2.75) is 109 Å². The molecule has 2 saturated heterocycles. The van der Waals surface area contributed by atoms with Crippen LogP contribution < -0.4 is 0 Å². The molecule has 1 aromatic carbocycles. The number of benzene rings is 1. The molecule has 234 valence electrons. The first-order valence-corrected chi connectivity index (χ1v) is 15.0. The number of Topliss-reactive ketones (excluding diaryl/α,β-unsaturated/α-hetero) is 1. The molecular formula is C33H42O10. The van der Waals surface area contributed by atoms with E-state index < -0.39 is 76.2 Å². The number of allylic oxidation sites excluding steroid dienone is 1. The van der Waals surface area contributed by atoms with Crippen LogP contribution in [0.5, 0.6) is 0 Å². The lowest BCUT2D eigenvalue weighted by Crippen LogP contribution is -2.82. The minimum absolute atomic E-state index is 0.0150. The van der Waals surface area contributed by atoms with Crippen LogP contribution in [0, 0.1) is 16.7 Å². The highest BCUT2D eigenvalue weighted by molar-refractivity contribution is 5.98. The SMILES string of the molecule is COC1CC2OCC2(OC(C)=O)C2C(OC(=O)c3ccccc3)C3(O)CC(=O)C(C)=C(C4OC(C)(C)OC4C12C)C3(C)C. The summed E-state index contributed by atoms with van der Waals surface area (Å²) in [6.45, 7) is 12.4. The Morgan fingerprint density at radius 3 is 2.30 bits per heavy atom. The Kier molecular flexibility index (Phi) is 6.85. The molecule has 1 aromatic rings. The van der Waals surface area contributed by atoms with Gasteiger partial charge in [0.2, 0.25) is 0 Å². The fourth-order valence-electron chi connectivity index (χ4n) is 8.92. The van der Waals surface area contributed by atoms with Crippen molar-refractivity contribution in [1.82, 2.24) is 0 Å². The fourth-order valence-corrected chi connectivity index (χ4v) is 8.92. The number of rotatable bonds is 4. The first kappa shape index (κ1) is 30.4. The molecular weight excluding hydrogens is 556 g/mol. The maximum atomic E-state index is 13.9. The molecule has 0 amide bonds. The summed E-state index contributed by atoms with van der Waals surface area (Å²) in [5.41, 5.74) is -4.07. The second-order valence-electron chi connectivity index (χ2n) is 14.0. The maximum absolute atomic E-state index is 13.9. The van der Waals surface area contributed by atoms with E-state index in [2.05, 4.69) is 0 Å². The highest BCUT2D eigenvalue weighted by atomic mass is 16.8. The molecule has 2 heterocycles. The van der Waals surface area contributed by atoms with Crippen molar-refractivity contribution < 1.29 is 47.9 Å². The zero-order valence-corrected chi connectivity index (χ0v) is 26.1. The van der Waals surface area contributed by atoms with Crippen molar-refractivity contribution in [2.24, 2.45) is 16.7 Å². The van der Waals surface area contributed by atoms with Crippen molar-refractivity contribution in [3.63, 3.8) is 0 Å². The topological polar surface area (TPSA) is 127 Å². The molecule has 43 heavy (non-hydrogen) atoms. The third-order valence-electron chi connectivity index (χ3n) is 11.0. The van der Waals surface area contributed by atoms with E-state index in [-0.39, 0.29) is 24.4 Å². The average Bonchev–Trinajstić information content (AvgIpc) is 3.24. The van der Waals surface area contributed by atoms with E-state index in [1.165, 1.54) is 6.92 Å². The van der Waals surface area contributed by atoms with Gasteiger partial charge >= 0.3 is 11.9 Å². The van der Waals surface area contributed by atoms with Crippen molar-refractivity contribution in [1.29, 1.82) is 0 Å². The molecule has 9 unspecified atom stereocenters. The molecule has 2 aliphatic heterocycles. The highest BCUT2D eigenvalue weighted by Gasteiger charge is 2.79. The van der Waals surface area contributed by atoms with Gasteiger partial charge in [-0.15, -0.1) is 0 Å². The van der Waals surface area contributed by atoms with Crippen LogP contribution in [0.15, 0.2) is 41.5 Å². The predicted molar refractivity (Wildman–Crippen MR) is 152 cm³/mol.